The minimum absolute atomic E-state index is 0.0323. The molecule has 0 aliphatic rings. The lowest BCUT2D eigenvalue weighted by Gasteiger charge is -2.08. The largest absolute Gasteiger partial charge is 0.481 e. The Kier molecular flexibility index (Phi) is 2.75. The normalized spacial score (nSPS) is 11.2. The Balaban J connectivity index is 2.76. The van der Waals surface area contributed by atoms with Gasteiger partial charge in [0, 0.05) is 0 Å². The zero-order valence-corrected chi connectivity index (χ0v) is 9.64. The Morgan fingerprint density at radius 1 is 1.47 bits per heavy atom. The first-order valence-corrected chi connectivity index (χ1v) is 5.36. The Morgan fingerprint density at radius 3 is 2.76 bits per heavy atom. The number of benzene rings is 1. The van der Waals surface area contributed by atoms with E-state index < -0.39 is 11.6 Å². The van der Waals surface area contributed by atoms with Crippen LogP contribution in [-0.4, -0.2) is 15.8 Å². The number of aromatic nitrogens is 1. The molecule has 0 aliphatic carbocycles. The van der Waals surface area contributed by atoms with Gasteiger partial charge in [0.2, 0.25) is 0 Å². The van der Waals surface area contributed by atoms with E-state index in [9.17, 15) is 9.59 Å². The zero-order chi connectivity index (χ0) is 12.6. The number of carboxylic acid groups (broad SMARTS) is 1. The summed E-state index contributed by atoms with van der Waals surface area (Å²) in [7, 11) is 0. The van der Waals surface area contributed by atoms with E-state index in [-0.39, 0.29) is 12.5 Å². The second-order valence-electron chi connectivity index (χ2n) is 4.18. The lowest BCUT2D eigenvalue weighted by Crippen LogP contribution is -2.05. The predicted octanol–water partition coefficient (Wildman–Crippen LogP) is 1.80. The van der Waals surface area contributed by atoms with Gasteiger partial charge in [-0.05, 0) is 25.5 Å². The molecule has 0 saturated carbocycles. The van der Waals surface area contributed by atoms with Crippen LogP contribution in [0.2, 0.25) is 0 Å². The Hall–Kier alpha value is -2.04. The van der Waals surface area contributed by atoms with Crippen molar-refractivity contribution in [1.29, 1.82) is 0 Å². The Labute approximate surface area is 97.2 Å². The molecule has 0 fully saturated rings. The Bertz CT molecular complexity index is 621. The van der Waals surface area contributed by atoms with Gasteiger partial charge in [-0.2, -0.15) is 0 Å². The molecule has 0 bridgehead atoms. The third kappa shape index (κ3) is 1.95. The number of hydrogen-bond acceptors (Lipinski definition) is 3. The number of carboxylic acids is 1. The van der Waals surface area contributed by atoms with E-state index in [1.807, 2.05) is 13.8 Å². The average Bonchev–Trinajstić information content (AvgIpc) is 2.57. The van der Waals surface area contributed by atoms with Gasteiger partial charge in [0.25, 0.3) is 0 Å². The zero-order valence-electron chi connectivity index (χ0n) is 9.64. The van der Waals surface area contributed by atoms with Gasteiger partial charge in [-0.15, -0.1) is 0 Å². The fourth-order valence-electron chi connectivity index (χ4n) is 1.87. The second kappa shape index (κ2) is 4.08. The van der Waals surface area contributed by atoms with Gasteiger partial charge >= 0.3 is 11.6 Å². The molecule has 0 spiro atoms. The molecular formula is C12H13NO4. The van der Waals surface area contributed by atoms with E-state index in [4.69, 9.17) is 9.63 Å². The van der Waals surface area contributed by atoms with Crippen LogP contribution in [0.3, 0.4) is 0 Å². The molecule has 1 aromatic carbocycles. The average molecular weight is 235 g/mol. The molecule has 2 aromatic rings. The molecule has 0 aliphatic heterocycles. The molecule has 1 heterocycles. The van der Waals surface area contributed by atoms with Gasteiger partial charge in [-0.25, -0.2) is 9.53 Å². The van der Waals surface area contributed by atoms with Crippen molar-refractivity contribution >= 4 is 16.9 Å². The van der Waals surface area contributed by atoms with Crippen molar-refractivity contribution < 1.29 is 14.4 Å². The fourth-order valence-corrected chi connectivity index (χ4v) is 1.87. The highest BCUT2D eigenvalue weighted by atomic mass is 16.5. The number of hydrogen-bond donors (Lipinski definition) is 1. The van der Waals surface area contributed by atoms with Crippen molar-refractivity contribution in [2.75, 3.05) is 0 Å². The van der Waals surface area contributed by atoms with E-state index in [0.717, 1.165) is 0 Å². The number of nitrogens with zero attached hydrogens (tertiary/aromatic N) is 1. The summed E-state index contributed by atoms with van der Waals surface area (Å²) in [6.07, 6.45) is -0.122. The first-order valence-electron chi connectivity index (χ1n) is 5.36. The monoisotopic (exact) mass is 235 g/mol. The van der Waals surface area contributed by atoms with Crippen LogP contribution in [0.5, 0.6) is 0 Å². The van der Waals surface area contributed by atoms with E-state index in [2.05, 4.69) is 0 Å². The fraction of sp³-hybridized carbons (Fsp3) is 0.333. The van der Waals surface area contributed by atoms with Crippen LogP contribution in [-0.2, 0) is 11.2 Å². The first-order chi connectivity index (χ1) is 8.00. The van der Waals surface area contributed by atoms with Crippen LogP contribution in [0.1, 0.15) is 25.5 Å². The molecule has 17 heavy (non-hydrogen) atoms. The summed E-state index contributed by atoms with van der Waals surface area (Å²) < 4.78 is 6.59. The van der Waals surface area contributed by atoms with Crippen molar-refractivity contribution in [3.63, 3.8) is 0 Å². The van der Waals surface area contributed by atoms with Gasteiger partial charge in [0.15, 0.2) is 0 Å². The quantitative estimate of drug-likeness (QED) is 0.880. The maximum atomic E-state index is 11.6. The molecule has 5 nitrogen and oxygen atoms in total. The van der Waals surface area contributed by atoms with Crippen LogP contribution >= 0.6 is 0 Å². The van der Waals surface area contributed by atoms with Gasteiger partial charge in [0.1, 0.15) is 0 Å². The number of fused-ring (bicyclic) bond motifs is 1. The van der Waals surface area contributed by atoms with Crippen molar-refractivity contribution in [3.8, 4) is 0 Å². The summed E-state index contributed by atoms with van der Waals surface area (Å²) in [5.74, 6) is -0.929. The highest BCUT2D eigenvalue weighted by Gasteiger charge is 2.16. The summed E-state index contributed by atoms with van der Waals surface area (Å²) >= 11 is 0. The lowest BCUT2D eigenvalue weighted by molar-refractivity contribution is -0.136. The number of rotatable bonds is 3. The van der Waals surface area contributed by atoms with E-state index in [1.165, 1.54) is 4.74 Å². The van der Waals surface area contributed by atoms with Crippen LogP contribution < -0.4 is 5.63 Å². The molecule has 1 N–H and O–H groups in total. The third-order valence-corrected chi connectivity index (χ3v) is 2.55. The molecule has 0 atom stereocenters. The van der Waals surface area contributed by atoms with E-state index in [1.54, 1.807) is 18.2 Å². The summed E-state index contributed by atoms with van der Waals surface area (Å²) in [6, 6.07) is 4.98. The molecule has 2 rings (SSSR count). The van der Waals surface area contributed by atoms with Crippen LogP contribution in [0.25, 0.3) is 10.9 Å². The summed E-state index contributed by atoms with van der Waals surface area (Å²) in [6.45, 7) is 3.75. The summed E-state index contributed by atoms with van der Waals surface area (Å²) in [4.78, 5) is 22.4. The van der Waals surface area contributed by atoms with Crippen molar-refractivity contribution in [2.24, 2.45) is 0 Å². The molecule has 5 heteroatoms. The minimum Gasteiger partial charge on any atom is -0.481 e. The van der Waals surface area contributed by atoms with Gasteiger partial charge < -0.3 is 9.63 Å². The predicted molar refractivity (Wildman–Crippen MR) is 62.2 cm³/mol. The van der Waals surface area contributed by atoms with Gasteiger partial charge in [0.05, 0.1) is 23.4 Å². The SMILES string of the molecule is CC(C)n1oc(=O)c2cccc(CC(=O)O)c21. The van der Waals surface area contributed by atoms with Crippen molar-refractivity contribution in [2.45, 2.75) is 26.3 Å². The highest BCUT2D eigenvalue weighted by molar-refractivity contribution is 5.85. The highest BCUT2D eigenvalue weighted by Crippen LogP contribution is 2.21. The van der Waals surface area contributed by atoms with Crippen LogP contribution in [0.15, 0.2) is 27.5 Å². The van der Waals surface area contributed by atoms with E-state index in [0.29, 0.717) is 16.5 Å². The van der Waals surface area contributed by atoms with Gasteiger partial charge in [-0.1, -0.05) is 12.1 Å². The minimum atomic E-state index is -0.929. The van der Waals surface area contributed by atoms with Crippen LogP contribution in [0, 0.1) is 0 Å². The number of aliphatic carboxylic acids is 1. The molecule has 1 aromatic heterocycles. The standard InChI is InChI=1S/C12H13NO4/c1-7(2)13-11-8(6-10(14)15)4-3-5-9(11)12(16)17-13/h3-5,7H,6H2,1-2H3,(H,14,15). The van der Waals surface area contributed by atoms with Crippen molar-refractivity contribution in [1.82, 2.24) is 4.74 Å². The van der Waals surface area contributed by atoms with Gasteiger partial charge in [-0.3, -0.25) is 4.79 Å². The molecule has 90 valence electrons. The maximum Gasteiger partial charge on any atom is 0.365 e. The lowest BCUT2D eigenvalue weighted by atomic mass is 10.1. The molecular weight excluding hydrogens is 222 g/mol. The summed E-state index contributed by atoms with van der Waals surface area (Å²) in [5.41, 5.74) is 0.741. The topological polar surface area (TPSA) is 72.4 Å². The van der Waals surface area contributed by atoms with E-state index >= 15 is 0 Å². The number of para-hydroxylation sites is 1. The Morgan fingerprint density at radius 2 is 2.18 bits per heavy atom. The maximum absolute atomic E-state index is 11.6. The molecule has 0 amide bonds. The second-order valence-corrected chi connectivity index (χ2v) is 4.18. The number of carbonyl (C=O) groups is 1. The van der Waals surface area contributed by atoms with Crippen molar-refractivity contribution in [3.05, 3.63) is 34.2 Å². The third-order valence-electron chi connectivity index (χ3n) is 2.55. The smallest absolute Gasteiger partial charge is 0.365 e. The summed E-state index contributed by atoms with van der Waals surface area (Å²) in [5, 5.41) is 9.27. The molecule has 0 saturated heterocycles. The molecule has 0 radical (unpaired) electrons. The van der Waals surface area contributed by atoms with Crippen LogP contribution in [0.4, 0.5) is 0 Å². The first kappa shape index (κ1) is 11.4. The molecule has 0 unspecified atom stereocenters.